The van der Waals surface area contributed by atoms with Crippen LogP contribution in [0.5, 0.6) is 0 Å². The van der Waals surface area contributed by atoms with Crippen molar-refractivity contribution in [3.63, 3.8) is 0 Å². The highest BCUT2D eigenvalue weighted by molar-refractivity contribution is 5.86. The number of fused-ring (bicyclic) bond motifs is 6. The second kappa shape index (κ2) is 9.66. The average molecular weight is 468 g/mol. The van der Waals surface area contributed by atoms with E-state index in [0.717, 1.165) is 18.0 Å². The Morgan fingerprint density at radius 2 is 1.46 bits per heavy atom. The van der Waals surface area contributed by atoms with E-state index in [1.165, 1.54) is 55.8 Å². The second-order valence-corrected chi connectivity index (χ2v) is 11.0. The van der Waals surface area contributed by atoms with Crippen molar-refractivity contribution in [1.82, 2.24) is 15.5 Å². The van der Waals surface area contributed by atoms with Gasteiger partial charge in [-0.3, -0.25) is 4.90 Å². The van der Waals surface area contributed by atoms with Crippen LogP contribution in [-0.4, -0.2) is 24.0 Å². The van der Waals surface area contributed by atoms with Gasteiger partial charge in [0.05, 0.1) is 6.04 Å². The number of carbonyl (C=O) groups excluding carboxylic acids is 1. The summed E-state index contributed by atoms with van der Waals surface area (Å²) in [6, 6.07) is 25.0. The topological polar surface area (TPSA) is 44.4 Å². The van der Waals surface area contributed by atoms with E-state index in [-0.39, 0.29) is 12.1 Å². The van der Waals surface area contributed by atoms with E-state index in [4.69, 9.17) is 0 Å². The summed E-state index contributed by atoms with van der Waals surface area (Å²) in [4.78, 5) is 15.5. The van der Waals surface area contributed by atoms with Crippen LogP contribution in [0.25, 0.3) is 10.8 Å². The second-order valence-electron chi connectivity index (χ2n) is 11.0. The molecule has 3 aliphatic rings. The fraction of sp³-hybridized carbons (Fsp3) is 0.452. The fourth-order valence-electron chi connectivity index (χ4n) is 7.01. The molecule has 35 heavy (non-hydrogen) atoms. The van der Waals surface area contributed by atoms with E-state index in [1.54, 1.807) is 11.1 Å². The molecule has 0 radical (unpaired) electrons. The van der Waals surface area contributed by atoms with E-state index >= 15 is 0 Å². The minimum absolute atomic E-state index is 0.0307. The highest BCUT2D eigenvalue weighted by atomic mass is 16.2. The van der Waals surface area contributed by atoms with Crippen LogP contribution in [0.3, 0.4) is 0 Å². The van der Waals surface area contributed by atoms with Gasteiger partial charge in [0.2, 0.25) is 0 Å². The number of carbonyl (C=O) groups is 1. The monoisotopic (exact) mass is 467 g/mol. The molecule has 2 fully saturated rings. The predicted octanol–water partition coefficient (Wildman–Crippen LogP) is 6.90. The quantitative estimate of drug-likeness (QED) is 0.414. The number of hydrogen-bond acceptors (Lipinski definition) is 2. The van der Waals surface area contributed by atoms with Crippen LogP contribution in [0.2, 0.25) is 0 Å². The highest BCUT2D eigenvalue weighted by Crippen LogP contribution is 2.53. The van der Waals surface area contributed by atoms with Gasteiger partial charge in [0.25, 0.3) is 0 Å². The van der Waals surface area contributed by atoms with Crippen molar-refractivity contribution in [2.75, 3.05) is 13.1 Å². The van der Waals surface area contributed by atoms with Gasteiger partial charge >= 0.3 is 6.03 Å². The molecule has 0 aromatic heterocycles. The fourth-order valence-corrected chi connectivity index (χ4v) is 7.01. The van der Waals surface area contributed by atoms with Crippen molar-refractivity contribution in [1.29, 1.82) is 0 Å². The predicted molar refractivity (Wildman–Crippen MR) is 142 cm³/mol. The van der Waals surface area contributed by atoms with Crippen LogP contribution in [0.15, 0.2) is 66.7 Å². The molecule has 6 rings (SSSR count). The zero-order valence-electron chi connectivity index (χ0n) is 20.7. The molecule has 3 aromatic rings. The Balaban J connectivity index is 0.963. The Labute approximate surface area is 209 Å². The summed E-state index contributed by atoms with van der Waals surface area (Å²) in [5.74, 6) is 1.39. The lowest BCUT2D eigenvalue weighted by Gasteiger charge is -2.33. The maximum atomic E-state index is 12.7. The molecule has 2 aliphatic heterocycles. The number of rotatable bonds is 6. The molecule has 4 nitrogen and oxygen atoms in total. The molecule has 2 heterocycles. The van der Waals surface area contributed by atoms with Crippen molar-refractivity contribution in [2.24, 2.45) is 11.8 Å². The molecule has 2 amide bonds. The first-order valence-electron chi connectivity index (χ1n) is 13.5. The largest absolute Gasteiger partial charge is 0.338 e. The van der Waals surface area contributed by atoms with Crippen molar-refractivity contribution >= 4 is 16.8 Å². The summed E-state index contributed by atoms with van der Waals surface area (Å²) in [7, 11) is 0. The molecule has 3 atom stereocenters. The molecule has 0 spiro atoms. The van der Waals surface area contributed by atoms with Crippen molar-refractivity contribution in [3.8, 4) is 0 Å². The average Bonchev–Trinajstić information content (AvgIpc) is 3.43. The Morgan fingerprint density at radius 3 is 2.20 bits per heavy atom. The summed E-state index contributed by atoms with van der Waals surface area (Å²) < 4.78 is 0. The van der Waals surface area contributed by atoms with Crippen LogP contribution in [0, 0.1) is 11.8 Å². The van der Waals surface area contributed by atoms with Crippen LogP contribution in [0.4, 0.5) is 4.79 Å². The third-order valence-electron chi connectivity index (χ3n) is 8.85. The molecule has 182 valence electrons. The minimum atomic E-state index is -0.0565. The summed E-state index contributed by atoms with van der Waals surface area (Å²) in [6.45, 7) is 4.09. The highest BCUT2D eigenvalue weighted by Gasteiger charge is 2.44. The number of nitrogens with zero attached hydrogens (tertiary/aromatic N) is 1. The minimum Gasteiger partial charge on any atom is -0.338 e. The van der Waals surface area contributed by atoms with Gasteiger partial charge in [-0.1, -0.05) is 66.7 Å². The van der Waals surface area contributed by atoms with Gasteiger partial charge in [-0.05, 0) is 84.7 Å². The first-order valence-corrected chi connectivity index (χ1v) is 13.5. The maximum Gasteiger partial charge on any atom is 0.315 e. The van der Waals surface area contributed by atoms with Crippen LogP contribution < -0.4 is 10.6 Å². The summed E-state index contributed by atoms with van der Waals surface area (Å²) in [5, 5.41) is 8.73. The number of urea groups is 1. The van der Waals surface area contributed by atoms with E-state index in [0.29, 0.717) is 18.0 Å². The number of benzene rings is 3. The molecule has 1 saturated heterocycles. The zero-order chi connectivity index (χ0) is 23.8. The third-order valence-corrected chi connectivity index (χ3v) is 8.85. The van der Waals surface area contributed by atoms with Gasteiger partial charge in [-0.15, -0.1) is 0 Å². The lowest BCUT2D eigenvalue weighted by molar-refractivity contribution is 0.149. The molecule has 2 unspecified atom stereocenters. The van der Waals surface area contributed by atoms with E-state index in [2.05, 4.69) is 89.2 Å². The summed E-state index contributed by atoms with van der Waals surface area (Å²) in [5.41, 5.74) is 4.34. The Hall–Kier alpha value is -2.85. The Kier molecular flexibility index (Phi) is 6.24. The summed E-state index contributed by atoms with van der Waals surface area (Å²) in [6.07, 6.45) is 7.67. The summed E-state index contributed by atoms with van der Waals surface area (Å²) >= 11 is 0. The number of hydrogen-bond donors (Lipinski definition) is 2. The van der Waals surface area contributed by atoms with Gasteiger partial charge in [0.1, 0.15) is 0 Å². The molecule has 3 aromatic carbocycles. The standard InChI is InChI=1S/C31H37N3O/c1-21(25-12-6-8-24-7-2-3-9-26(24)25)33-31(35)32-19-22-13-15-23(16-14-22)20-34-29-17-18-30(34)28-11-5-4-10-27(28)29/h2-12,21-23,29-30H,13-20H2,1H3,(H2,32,33,35)/t21-,22?,23?,29?,30?/m0/s1. The van der Waals surface area contributed by atoms with E-state index in [1.807, 2.05) is 0 Å². The maximum absolute atomic E-state index is 12.7. The van der Waals surface area contributed by atoms with Crippen molar-refractivity contribution in [3.05, 3.63) is 83.4 Å². The molecule has 1 saturated carbocycles. The van der Waals surface area contributed by atoms with Crippen LogP contribution in [0.1, 0.15) is 80.3 Å². The normalized spacial score (nSPS) is 26.4. The van der Waals surface area contributed by atoms with Crippen molar-refractivity contribution in [2.45, 2.75) is 63.6 Å². The molecule has 1 aliphatic carbocycles. The van der Waals surface area contributed by atoms with Crippen LogP contribution >= 0.6 is 0 Å². The van der Waals surface area contributed by atoms with Gasteiger partial charge < -0.3 is 10.6 Å². The first-order chi connectivity index (χ1) is 17.2. The van der Waals surface area contributed by atoms with Crippen molar-refractivity contribution < 1.29 is 4.79 Å². The number of nitrogens with one attached hydrogen (secondary N) is 2. The molecule has 2 bridgehead atoms. The molecule has 4 heteroatoms. The van der Waals surface area contributed by atoms with E-state index in [9.17, 15) is 4.79 Å². The Bertz CT molecular complexity index is 1160. The Morgan fingerprint density at radius 1 is 0.829 bits per heavy atom. The molecule has 2 N–H and O–H groups in total. The number of amides is 2. The molecular formula is C31H37N3O. The SMILES string of the molecule is C[C@H](NC(=O)NCC1CCC(CN2C3CCC2c2ccccc23)CC1)c1cccc2ccccc12. The van der Waals surface area contributed by atoms with Gasteiger partial charge in [0.15, 0.2) is 0 Å². The molecular weight excluding hydrogens is 430 g/mol. The van der Waals surface area contributed by atoms with Gasteiger partial charge in [0, 0.05) is 25.2 Å². The first kappa shape index (κ1) is 22.6. The lowest BCUT2D eigenvalue weighted by atomic mass is 9.81. The van der Waals surface area contributed by atoms with Crippen LogP contribution in [-0.2, 0) is 0 Å². The van der Waals surface area contributed by atoms with Gasteiger partial charge in [-0.2, -0.15) is 0 Å². The third kappa shape index (κ3) is 4.45. The van der Waals surface area contributed by atoms with E-state index < -0.39 is 0 Å². The zero-order valence-corrected chi connectivity index (χ0v) is 20.7. The van der Waals surface area contributed by atoms with Gasteiger partial charge in [-0.25, -0.2) is 4.79 Å². The lowest BCUT2D eigenvalue weighted by Crippen LogP contribution is -2.40. The smallest absolute Gasteiger partial charge is 0.315 e.